The van der Waals surface area contributed by atoms with Gasteiger partial charge in [-0.1, -0.05) is 0 Å². The van der Waals surface area contributed by atoms with Crippen LogP contribution >= 0.6 is 24.8 Å². The van der Waals surface area contributed by atoms with Gasteiger partial charge in [0.15, 0.2) is 0 Å². The monoisotopic (exact) mass is 222 g/mol. The Morgan fingerprint density at radius 1 is 1.08 bits per heavy atom. The predicted octanol–water partition coefficient (Wildman–Crippen LogP) is 2.93. The summed E-state index contributed by atoms with van der Waals surface area (Å²) in [6, 6.07) is 8.22. The van der Waals surface area contributed by atoms with Crippen LogP contribution in [-0.2, 0) is 0 Å². The fourth-order valence-corrected chi connectivity index (χ4v) is 0.913. The van der Waals surface area contributed by atoms with Crippen LogP contribution in [0, 0.1) is 0 Å². The highest BCUT2D eigenvalue weighted by Gasteiger charge is 1.92. The number of hydrogen-bond acceptors (Lipinski definition) is 2. The first-order valence-corrected chi connectivity index (χ1v) is 3.80. The molecule has 0 saturated carbocycles. The van der Waals surface area contributed by atoms with Gasteiger partial charge in [0, 0.05) is 17.4 Å². The Balaban J connectivity index is 0. The Hall–Kier alpha value is -0.600. The van der Waals surface area contributed by atoms with Gasteiger partial charge in [0.1, 0.15) is 0 Å². The van der Waals surface area contributed by atoms with Crippen molar-refractivity contribution in [1.29, 1.82) is 0 Å². The number of halogens is 2. The lowest BCUT2D eigenvalue weighted by Crippen LogP contribution is -2.09. The van der Waals surface area contributed by atoms with E-state index >= 15 is 0 Å². The smallest absolute Gasteiger partial charge is 0.0343 e. The molecule has 0 aliphatic carbocycles. The van der Waals surface area contributed by atoms with Gasteiger partial charge >= 0.3 is 0 Å². The summed E-state index contributed by atoms with van der Waals surface area (Å²) < 4.78 is 0. The van der Waals surface area contributed by atoms with Gasteiger partial charge in [-0.3, -0.25) is 0 Å². The Bertz CT molecular complexity index is 222. The standard InChI is InChI=1S/C9H14N2.2ClH/c1-7(2)11-9-5-3-8(10)4-6-9;;/h3-7,11H,10H2,1-2H3;2*1H. The van der Waals surface area contributed by atoms with Gasteiger partial charge in [0.2, 0.25) is 0 Å². The Kier molecular flexibility index (Phi) is 7.87. The summed E-state index contributed by atoms with van der Waals surface area (Å²) >= 11 is 0. The van der Waals surface area contributed by atoms with Gasteiger partial charge in [0.05, 0.1) is 0 Å². The SMILES string of the molecule is CC(C)Nc1ccc(N)cc1.Cl.Cl. The van der Waals surface area contributed by atoms with E-state index in [9.17, 15) is 0 Å². The van der Waals surface area contributed by atoms with Crippen molar-refractivity contribution in [3.8, 4) is 0 Å². The molecule has 2 nitrogen and oxygen atoms in total. The molecule has 1 rings (SSSR count). The molecule has 0 bridgehead atoms. The highest BCUT2D eigenvalue weighted by atomic mass is 35.5. The van der Waals surface area contributed by atoms with Crippen LogP contribution < -0.4 is 11.1 Å². The van der Waals surface area contributed by atoms with E-state index in [0.29, 0.717) is 6.04 Å². The lowest BCUT2D eigenvalue weighted by atomic mass is 10.2. The summed E-state index contributed by atoms with van der Waals surface area (Å²) in [6.45, 7) is 4.21. The number of nitrogens with one attached hydrogen (secondary N) is 1. The summed E-state index contributed by atoms with van der Waals surface area (Å²) in [5.74, 6) is 0. The molecule has 0 atom stereocenters. The van der Waals surface area contributed by atoms with Gasteiger partial charge in [-0.2, -0.15) is 0 Å². The van der Waals surface area contributed by atoms with Crippen molar-refractivity contribution >= 4 is 36.2 Å². The van der Waals surface area contributed by atoms with Crippen molar-refractivity contribution in [2.45, 2.75) is 19.9 Å². The topological polar surface area (TPSA) is 38.0 Å². The molecule has 0 aromatic heterocycles. The van der Waals surface area contributed by atoms with Gasteiger partial charge < -0.3 is 11.1 Å². The molecule has 76 valence electrons. The molecule has 0 aliphatic rings. The van der Waals surface area contributed by atoms with Crippen molar-refractivity contribution in [3.05, 3.63) is 24.3 Å². The second-order valence-corrected chi connectivity index (χ2v) is 2.92. The molecule has 0 saturated heterocycles. The number of nitrogen functional groups attached to an aromatic ring is 1. The first-order valence-electron chi connectivity index (χ1n) is 3.80. The first kappa shape index (κ1) is 14.9. The van der Waals surface area contributed by atoms with Crippen LogP contribution in [0.15, 0.2) is 24.3 Å². The zero-order valence-corrected chi connectivity index (χ0v) is 9.41. The second kappa shape index (κ2) is 6.87. The largest absolute Gasteiger partial charge is 0.399 e. The molecule has 0 unspecified atom stereocenters. The number of anilines is 2. The molecule has 13 heavy (non-hydrogen) atoms. The number of rotatable bonds is 2. The Morgan fingerprint density at radius 2 is 1.54 bits per heavy atom. The first-order chi connectivity index (χ1) is 5.18. The van der Waals surface area contributed by atoms with Crippen LogP contribution in [0.4, 0.5) is 11.4 Å². The van der Waals surface area contributed by atoms with E-state index in [1.807, 2.05) is 24.3 Å². The zero-order valence-electron chi connectivity index (χ0n) is 7.78. The minimum atomic E-state index is 0. The lowest BCUT2D eigenvalue weighted by Gasteiger charge is -2.09. The van der Waals surface area contributed by atoms with Crippen LogP contribution in [-0.4, -0.2) is 6.04 Å². The average molecular weight is 223 g/mol. The molecule has 0 spiro atoms. The van der Waals surface area contributed by atoms with Crippen LogP contribution in [0.2, 0.25) is 0 Å². The highest BCUT2D eigenvalue weighted by Crippen LogP contribution is 2.10. The minimum absolute atomic E-state index is 0. The fraction of sp³-hybridized carbons (Fsp3) is 0.333. The summed E-state index contributed by atoms with van der Waals surface area (Å²) in [4.78, 5) is 0. The van der Waals surface area contributed by atoms with E-state index in [-0.39, 0.29) is 24.8 Å². The summed E-state index contributed by atoms with van der Waals surface area (Å²) in [5.41, 5.74) is 7.45. The summed E-state index contributed by atoms with van der Waals surface area (Å²) in [6.07, 6.45) is 0. The molecule has 0 amide bonds. The third kappa shape index (κ3) is 5.61. The quantitative estimate of drug-likeness (QED) is 0.756. The van der Waals surface area contributed by atoms with Crippen molar-refractivity contribution < 1.29 is 0 Å². The molecular formula is C9H16Cl2N2. The molecule has 0 aliphatic heterocycles. The van der Waals surface area contributed by atoms with Gasteiger partial charge in [-0.05, 0) is 38.1 Å². The van der Waals surface area contributed by atoms with Gasteiger partial charge in [-0.15, -0.1) is 24.8 Å². The van der Waals surface area contributed by atoms with Crippen LogP contribution in [0.25, 0.3) is 0 Å². The highest BCUT2D eigenvalue weighted by molar-refractivity contribution is 5.85. The lowest BCUT2D eigenvalue weighted by molar-refractivity contribution is 0.900. The number of hydrogen-bond donors (Lipinski definition) is 2. The molecule has 0 heterocycles. The Labute approximate surface area is 91.7 Å². The second-order valence-electron chi connectivity index (χ2n) is 2.92. The summed E-state index contributed by atoms with van der Waals surface area (Å²) in [7, 11) is 0. The van der Waals surface area contributed by atoms with E-state index in [1.165, 1.54) is 0 Å². The molecule has 1 aromatic carbocycles. The minimum Gasteiger partial charge on any atom is -0.399 e. The van der Waals surface area contributed by atoms with E-state index in [2.05, 4.69) is 19.2 Å². The molecule has 4 heteroatoms. The van der Waals surface area contributed by atoms with Crippen molar-refractivity contribution in [2.24, 2.45) is 0 Å². The zero-order chi connectivity index (χ0) is 8.27. The van der Waals surface area contributed by atoms with E-state index in [1.54, 1.807) is 0 Å². The van der Waals surface area contributed by atoms with Crippen molar-refractivity contribution in [3.63, 3.8) is 0 Å². The van der Waals surface area contributed by atoms with Crippen LogP contribution in [0.1, 0.15) is 13.8 Å². The van der Waals surface area contributed by atoms with E-state index < -0.39 is 0 Å². The maximum atomic E-state index is 5.53. The number of nitrogens with two attached hydrogens (primary N) is 1. The fourth-order valence-electron chi connectivity index (χ4n) is 0.913. The normalized spacial score (nSPS) is 8.54. The molecular weight excluding hydrogens is 207 g/mol. The molecule has 0 fully saturated rings. The maximum Gasteiger partial charge on any atom is 0.0343 e. The number of benzene rings is 1. The third-order valence-corrected chi connectivity index (χ3v) is 1.37. The average Bonchev–Trinajstić information content (AvgIpc) is 1.93. The van der Waals surface area contributed by atoms with Crippen LogP contribution in [0.3, 0.4) is 0 Å². The maximum absolute atomic E-state index is 5.53. The predicted molar refractivity (Wildman–Crippen MR) is 64.1 cm³/mol. The van der Waals surface area contributed by atoms with Gasteiger partial charge in [-0.25, -0.2) is 0 Å². The van der Waals surface area contributed by atoms with E-state index in [4.69, 9.17) is 5.73 Å². The van der Waals surface area contributed by atoms with Crippen LogP contribution in [0.5, 0.6) is 0 Å². The molecule has 0 radical (unpaired) electrons. The molecule has 1 aromatic rings. The summed E-state index contributed by atoms with van der Waals surface area (Å²) in [5, 5.41) is 3.28. The van der Waals surface area contributed by atoms with Gasteiger partial charge in [0.25, 0.3) is 0 Å². The van der Waals surface area contributed by atoms with Crippen molar-refractivity contribution in [1.82, 2.24) is 0 Å². The Morgan fingerprint density at radius 3 is 1.92 bits per heavy atom. The third-order valence-electron chi connectivity index (χ3n) is 1.37. The van der Waals surface area contributed by atoms with E-state index in [0.717, 1.165) is 11.4 Å². The van der Waals surface area contributed by atoms with Crippen molar-refractivity contribution in [2.75, 3.05) is 11.1 Å². The molecule has 3 N–H and O–H groups in total.